The Bertz CT molecular complexity index is 396. The molecule has 1 aromatic heterocycles. The van der Waals surface area contributed by atoms with E-state index in [-0.39, 0.29) is 0 Å². The highest BCUT2D eigenvalue weighted by atomic mass is 35.5. The maximum absolute atomic E-state index is 5.78. The molecule has 4 heteroatoms. The molecule has 0 unspecified atom stereocenters. The lowest BCUT2D eigenvalue weighted by atomic mass is 10.1. The van der Waals surface area contributed by atoms with Gasteiger partial charge in [0.05, 0.1) is 11.8 Å². The van der Waals surface area contributed by atoms with Gasteiger partial charge in [-0.2, -0.15) is 0 Å². The molecule has 0 saturated carbocycles. The van der Waals surface area contributed by atoms with Crippen LogP contribution in [0.4, 0.5) is 0 Å². The van der Waals surface area contributed by atoms with E-state index in [0.717, 1.165) is 13.0 Å². The van der Waals surface area contributed by atoms with Crippen LogP contribution in [0.25, 0.3) is 0 Å². The number of nitrogens with zero attached hydrogens (tertiary/aromatic N) is 1. The van der Waals surface area contributed by atoms with Crippen molar-refractivity contribution in [3.63, 3.8) is 0 Å². The summed E-state index contributed by atoms with van der Waals surface area (Å²) in [6.45, 7) is 1.72. The van der Waals surface area contributed by atoms with Crippen LogP contribution in [0, 0.1) is 12.3 Å². The summed E-state index contributed by atoms with van der Waals surface area (Å²) in [6.07, 6.45) is 8.01. The quantitative estimate of drug-likeness (QED) is 0.621. The van der Waals surface area contributed by atoms with Crippen LogP contribution in [0.15, 0.2) is 12.3 Å². The van der Waals surface area contributed by atoms with Gasteiger partial charge in [-0.05, 0) is 13.0 Å². The lowest BCUT2D eigenvalue weighted by molar-refractivity contribution is 0.217. The third-order valence-corrected chi connectivity index (χ3v) is 2.65. The van der Waals surface area contributed by atoms with Crippen LogP contribution in [-0.4, -0.2) is 24.2 Å². The number of pyridine rings is 1. The molecule has 0 amide bonds. The molecule has 1 aliphatic rings. The summed E-state index contributed by atoms with van der Waals surface area (Å²) >= 11 is 5.78. The van der Waals surface area contributed by atoms with Crippen molar-refractivity contribution in [3.8, 4) is 18.1 Å². The topological polar surface area (TPSA) is 34.1 Å². The highest BCUT2D eigenvalue weighted by Gasteiger charge is 2.16. The third-order valence-electron chi connectivity index (χ3n) is 2.35. The first-order valence-electron chi connectivity index (χ1n) is 4.78. The molecule has 0 bridgehead atoms. The maximum atomic E-state index is 5.78. The minimum absolute atomic E-state index is 0.339. The number of ether oxygens (including phenoxy) is 1. The Kier molecular flexibility index (Phi) is 3.10. The van der Waals surface area contributed by atoms with E-state index in [1.807, 2.05) is 0 Å². The molecule has 78 valence electrons. The van der Waals surface area contributed by atoms with E-state index in [1.54, 1.807) is 12.3 Å². The molecule has 15 heavy (non-hydrogen) atoms. The predicted molar refractivity (Wildman–Crippen MR) is 59.1 cm³/mol. The summed E-state index contributed by atoms with van der Waals surface area (Å²) < 4.78 is 5.53. The summed E-state index contributed by atoms with van der Waals surface area (Å²) in [6, 6.07) is 2.18. The van der Waals surface area contributed by atoms with E-state index in [2.05, 4.69) is 16.2 Å². The minimum atomic E-state index is 0.339. The first-order chi connectivity index (χ1) is 7.29. The Balaban J connectivity index is 1.99. The second kappa shape index (κ2) is 4.52. The van der Waals surface area contributed by atoms with Gasteiger partial charge in [-0.25, -0.2) is 4.98 Å². The van der Waals surface area contributed by atoms with Crippen LogP contribution in [0.2, 0.25) is 5.15 Å². The fourth-order valence-electron chi connectivity index (χ4n) is 1.30. The van der Waals surface area contributed by atoms with Crippen LogP contribution >= 0.6 is 11.6 Å². The number of hydrogen-bond donors (Lipinski definition) is 1. The Hall–Kier alpha value is -1.24. The zero-order valence-electron chi connectivity index (χ0n) is 8.16. The molecule has 0 spiro atoms. The maximum Gasteiger partial charge on any atom is 0.144 e. The first-order valence-corrected chi connectivity index (χ1v) is 5.15. The molecule has 0 aliphatic carbocycles. The molecular weight excluding hydrogens is 212 g/mol. The lowest BCUT2D eigenvalue weighted by Gasteiger charge is -2.27. The minimum Gasteiger partial charge on any atom is -0.490 e. The monoisotopic (exact) mass is 222 g/mol. The van der Waals surface area contributed by atoms with Gasteiger partial charge in [0.2, 0.25) is 0 Å². The number of terminal acetylenes is 1. The molecule has 1 aromatic rings. The largest absolute Gasteiger partial charge is 0.490 e. The normalized spacial score (nSPS) is 19.1. The van der Waals surface area contributed by atoms with Crippen LogP contribution in [0.3, 0.4) is 0 Å². The third kappa shape index (κ3) is 2.41. The van der Waals surface area contributed by atoms with Gasteiger partial charge in [0.25, 0.3) is 0 Å². The van der Waals surface area contributed by atoms with Crippen LogP contribution in [0.1, 0.15) is 12.0 Å². The van der Waals surface area contributed by atoms with Crippen LogP contribution in [0.5, 0.6) is 5.75 Å². The molecule has 0 radical (unpaired) electrons. The van der Waals surface area contributed by atoms with E-state index in [9.17, 15) is 0 Å². The Morgan fingerprint density at radius 1 is 1.73 bits per heavy atom. The number of halogens is 1. The predicted octanol–water partition coefficient (Wildman–Crippen LogP) is 1.46. The Morgan fingerprint density at radius 3 is 3.13 bits per heavy atom. The molecule has 0 aromatic carbocycles. The van der Waals surface area contributed by atoms with E-state index in [4.69, 9.17) is 22.8 Å². The fraction of sp³-hybridized carbons (Fsp3) is 0.364. The number of hydrogen-bond acceptors (Lipinski definition) is 3. The van der Waals surface area contributed by atoms with Gasteiger partial charge in [0.15, 0.2) is 0 Å². The molecule has 1 fully saturated rings. The Labute approximate surface area is 93.8 Å². The summed E-state index contributed by atoms with van der Waals surface area (Å²) in [7, 11) is 0. The molecule has 1 N–H and O–H groups in total. The second-order valence-electron chi connectivity index (χ2n) is 3.40. The molecule has 1 saturated heterocycles. The van der Waals surface area contributed by atoms with E-state index in [0.29, 0.717) is 29.1 Å². The van der Waals surface area contributed by atoms with Crippen molar-refractivity contribution in [3.05, 3.63) is 23.0 Å². The van der Waals surface area contributed by atoms with Gasteiger partial charge in [0.1, 0.15) is 17.5 Å². The average molecular weight is 223 g/mol. The van der Waals surface area contributed by atoms with Gasteiger partial charge in [-0.1, -0.05) is 17.5 Å². The van der Waals surface area contributed by atoms with Crippen molar-refractivity contribution in [2.24, 2.45) is 0 Å². The van der Waals surface area contributed by atoms with Crippen molar-refractivity contribution in [1.29, 1.82) is 0 Å². The van der Waals surface area contributed by atoms with Crippen molar-refractivity contribution >= 4 is 11.6 Å². The smallest absolute Gasteiger partial charge is 0.144 e. The van der Waals surface area contributed by atoms with Crippen LogP contribution in [-0.2, 0) is 0 Å². The molecule has 2 heterocycles. The van der Waals surface area contributed by atoms with E-state index < -0.39 is 0 Å². The SMILES string of the molecule is C#Cc1cc(OC[C@@H]2CCN2)cnc1Cl. The number of aromatic nitrogens is 1. The summed E-state index contributed by atoms with van der Waals surface area (Å²) in [5.74, 6) is 3.13. The molecule has 2 rings (SSSR count). The fourth-order valence-corrected chi connectivity index (χ4v) is 1.45. The molecule has 3 nitrogen and oxygen atoms in total. The Morgan fingerprint density at radius 2 is 2.53 bits per heavy atom. The lowest BCUT2D eigenvalue weighted by Crippen LogP contribution is -2.46. The summed E-state index contributed by atoms with van der Waals surface area (Å²) in [4.78, 5) is 3.95. The van der Waals surface area contributed by atoms with E-state index >= 15 is 0 Å². The zero-order chi connectivity index (χ0) is 10.7. The summed E-state index contributed by atoms with van der Waals surface area (Å²) in [5, 5.41) is 3.58. The number of rotatable bonds is 3. The van der Waals surface area contributed by atoms with Crippen molar-refractivity contribution in [2.75, 3.05) is 13.2 Å². The summed E-state index contributed by atoms with van der Waals surface area (Å²) in [5.41, 5.74) is 0.565. The van der Waals surface area contributed by atoms with Crippen LogP contribution < -0.4 is 10.1 Å². The van der Waals surface area contributed by atoms with Crippen molar-refractivity contribution in [1.82, 2.24) is 10.3 Å². The molecular formula is C11H11ClN2O. The standard InChI is InChI=1S/C11H11ClN2O/c1-2-8-5-10(6-14-11(8)12)15-7-9-3-4-13-9/h1,5-6,9,13H,3-4,7H2/t9-/m0/s1. The van der Waals surface area contributed by atoms with E-state index in [1.165, 1.54) is 0 Å². The van der Waals surface area contributed by atoms with Gasteiger partial charge in [-0.3, -0.25) is 0 Å². The average Bonchev–Trinajstić information content (AvgIpc) is 2.18. The van der Waals surface area contributed by atoms with Gasteiger partial charge in [0, 0.05) is 12.1 Å². The highest BCUT2D eigenvalue weighted by molar-refractivity contribution is 6.30. The number of nitrogens with one attached hydrogen (secondary N) is 1. The second-order valence-corrected chi connectivity index (χ2v) is 3.76. The van der Waals surface area contributed by atoms with Gasteiger partial charge >= 0.3 is 0 Å². The van der Waals surface area contributed by atoms with Gasteiger partial charge < -0.3 is 10.1 Å². The highest BCUT2D eigenvalue weighted by Crippen LogP contribution is 2.18. The first kappa shape index (κ1) is 10.3. The molecule has 1 aliphatic heterocycles. The van der Waals surface area contributed by atoms with Crippen molar-refractivity contribution < 1.29 is 4.74 Å². The zero-order valence-corrected chi connectivity index (χ0v) is 8.92. The molecule has 1 atom stereocenters. The van der Waals surface area contributed by atoms with Crippen molar-refractivity contribution in [2.45, 2.75) is 12.5 Å². The van der Waals surface area contributed by atoms with Gasteiger partial charge in [-0.15, -0.1) is 6.42 Å².